The van der Waals surface area contributed by atoms with Crippen LogP contribution in [0.2, 0.25) is 0 Å². The summed E-state index contributed by atoms with van der Waals surface area (Å²) in [5, 5.41) is 37.7. The van der Waals surface area contributed by atoms with Crippen molar-refractivity contribution in [1.82, 2.24) is 5.32 Å². The van der Waals surface area contributed by atoms with Crippen molar-refractivity contribution in [1.29, 1.82) is 0 Å². The molecule has 1 amide bonds. The van der Waals surface area contributed by atoms with Crippen molar-refractivity contribution in [2.24, 2.45) is 5.73 Å². The molecule has 0 aliphatic carbocycles. The van der Waals surface area contributed by atoms with Crippen molar-refractivity contribution in [3.05, 3.63) is 35.9 Å². The third-order valence-corrected chi connectivity index (χ3v) is 4.03. The van der Waals surface area contributed by atoms with Gasteiger partial charge >= 0.3 is 18.0 Å². The third-order valence-electron chi connectivity index (χ3n) is 4.03. The summed E-state index contributed by atoms with van der Waals surface area (Å²) < 4.78 is 4.98. The van der Waals surface area contributed by atoms with Gasteiger partial charge in [-0.1, -0.05) is 57.0 Å². The maximum atomic E-state index is 11.6. The van der Waals surface area contributed by atoms with Crippen molar-refractivity contribution in [3.63, 3.8) is 0 Å². The SMILES string of the molecule is CCCC(N)C(O)C(=O)O.CCCC(NC(=O)OCc1ccccc1)C(O)C(=O)O. The number of benzene rings is 1. The molecule has 1 aromatic rings. The molecule has 1 rings (SSSR count). The quantitative estimate of drug-likeness (QED) is 0.301. The van der Waals surface area contributed by atoms with Crippen LogP contribution in [0, 0.1) is 0 Å². The lowest BCUT2D eigenvalue weighted by Gasteiger charge is -2.20. The topological polar surface area (TPSA) is 179 Å². The lowest BCUT2D eigenvalue weighted by molar-refractivity contribution is -0.148. The highest BCUT2D eigenvalue weighted by molar-refractivity contribution is 5.75. The van der Waals surface area contributed by atoms with Crippen molar-refractivity contribution in [2.45, 2.75) is 70.4 Å². The fraction of sp³-hybridized carbons (Fsp3) is 0.550. The number of rotatable bonds is 11. The van der Waals surface area contributed by atoms with Crippen LogP contribution in [0.5, 0.6) is 0 Å². The van der Waals surface area contributed by atoms with E-state index in [1.165, 1.54) is 0 Å². The number of hydrogen-bond donors (Lipinski definition) is 6. The molecule has 10 nitrogen and oxygen atoms in total. The molecule has 7 N–H and O–H groups in total. The first-order valence-electron chi connectivity index (χ1n) is 9.68. The average Bonchev–Trinajstić information content (AvgIpc) is 2.72. The van der Waals surface area contributed by atoms with E-state index in [4.69, 9.17) is 25.8 Å². The summed E-state index contributed by atoms with van der Waals surface area (Å²) in [5.41, 5.74) is 6.13. The lowest BCUT2D eigenvalue weighted by atomic mass is 10.1. The number of nitrogens with two attached hydrogens (primary N) is 1. The minimum atomic E-state index is -1.64. The molecule has 0 aliphatic rings. The number of carbonyl (C=O) groups excluding carboxylic acids is 1. The minimum absolute atomic E-state index is 0.0919. The van der Waals surface area contributed by atoms with Gasteiger partial charge in [0.05, 0.1) is 6.04 Å². The maximum absolute atomic E-state index is 11.6. The van der Waals surface area contributed by atoms with Crippen molar-refractivity contribution < 1.29 is 39.5 Å². The largest absolute Gasteiger partial charge is 0.479 e. The van der Waals surface area contributed by atoms with Gasteiger partial charge in [0, 0.05) is 6.04 Å². The van der Waals surface area contributed by atoms with E-state index in [-0.39, 0.29) is 6.61 Å². The molecule has 4 atom stereocenters. The van der Waals surface area contributed by atoms with Crippen molar-refractivity contribution >= 4 is 18.0 Å². The molecule has 30 heavy (non-hydrogen) atoms. The standard InChI is InChI=1S/C14H19NO5.C6H13NO3/c1-2-6-11(12(16)13(17)18)15-14(19)20-9-10-7-4-3-5-8-10;1-2-3-4(7)5(8)6(9)10/h3-5,7-8,11-12,16H,2,6,9H2,1H3,(H,15,19)(H,17,18);4-5,8H,2-3,7H2,1H3,(H,9,10). The van der Waals surface area contributed by atoms with Gasteiger partial charge in [-0.3, -0.25) is 0 Å². The Kier molecular flexibility index (Phi) is 13.8. The molecule has 0 saturated heterocycles. The number of carboxylic acids is 2. The average molecular weight is 428 g/mol. The first kappa shape index (κ1) is 27.3. The number of aliphatic hydroxyl groups is 2. The van der Waals surface area contributed by atoms with Crippen molar-refractivity contribution in [2.75, 3.05) is 0 Å². The molecule has 0 aliphatic heterocycles. The van der Waals surface area contributed by atoms with Crippen molar-refractivity contribution in [3.8, 4) is 0 Å². The van der Waals surface area contributed by atoms with Crippen LogP contribution in [0.3, 0.4) is 0 Å². The minimum Gasteiger partial charge on any atom is -0.479 e. The van der Waals surface area contributed by atoms with Crippen LogP contribution in [-0.4, -0.2) is 62.7 Å². The molecule has 0 radical (unpaired) electrons. The summed E-state index contributed by atoms with van der Waals surface area (Å²) in [6.07, 6.45) is -1.49. The molecule has 1 aromatic carbocycles. The third kappa shape index (κ3) is 11.3. The Labute approximate surface area is 175 Å². The number of aliphatic hydroxyl groups excluding tert-OH is 2. The fourth-order valence-corrected chi connectivity index (χ4v) is 2.38. The highest BCUT2D eigenvalue weighted by Crippen LogP contribution is 2.05. The number of ether oxygens (including phenoxy) is 1. The molecule has 0 bridgehead atoms. The molecule has 0 fully saturated rings. The summed E-state index contributed by atoms with van der Waals surface area (Å²) in [7, 11) is 0. The zero-order valence-electron chi connectivity index (χ0n) is 17.2. The highest BCUT2D eigenvalue weighted by atomic mass is 16.5. The number of nitrogens with one attached hydrogen (secondary N) is 1. The van der Waals surface area contributed by atoms with E-state index < -0.39 is 42.3 Å². The monoisotopic (exact) mass is 428 g/mol. The fourth-order valence-electron chi connectivity index (χ4n) is 2.38. The Bertz CT molecular complexity index is 641. The Morgan fingerprint density at radius 2 is 1.50 bits per heavy atom. The van der Waals surface area contributed by atoms with Gasteiger partial charge in [-0.25, -0.2) is 14.4 Å². The van der Waals surface area contributed by atoms with Crippen LogP contribution in [-0.2, 0) is 20.9 Å². The van der Waals surface area contributed by atoms with Gasteiger partial charge in [0.1, 0.15) is 6.61 Å². The Morgan fingerprint density at radius 3 is 1.97 bits per heavy atom. The normalized spacial score (nSPS) is 14.3. The Hall–Kier alpha value is -2.69. The van der Waals surface area contributed by atoms with Crippen LogP contribution >= 0.6 is 0 Å². The van der Waals surface area contributed by atoms with Gasteiger partial charge in [-0.2, -0.15) is 0 Å². The zero-order chi connectivity index (χ0) is 23.1. The van der Waals surface area contributed by atoms with E-state index in [2.05, 4.69) is 5.32 Å². The second-order valence-corrected chi connectivity index (χ2v) is 6.62. The van der Waals surface area contributed by atoms with Gasteiger partial charge < -0.3 is 36.2 Å². The summed E-state index contributed by atoms with van der Waals surface area (Å²) in [6.45, 7) is 3.81. The Balaban J connectivity index is 0.000000710. The molecule has 0 spiro atoms. The van der Waals surface area contributed by atoms with E-state index >= 15 is 0 Å². The van der Waals surface area contributed by atoms with Crippen LogP contribution in [0.25, 0.3) is 0 Å². The van der Waals surface area contributed by atoms with E-state index in [9.17, 15) is 19.5 Å². The van der Waals surface area contributed by atoms with Gasteiger partial charge in [0.2, 0.25) is 0 Å². The number of carboxylic acid groups (broad SMARTS) is 2. The lowest BCUT2D eigenvalue weighted by Crippen LogP contribution is -2.47. The smallest absolute Gasteiger partial charge is 0.407 e. The van der Waals surface area contributed by atoms with E-state index in [1.807, 2.05) is 44.2 Å². The number of carbonyl (C=O) groups is 3. The summed E-state index contributed by atoms with van der Waals surface area (Å²) in [5.74, 6) is -2.62. The first-order chi connectivity index (χ1) is 14.1. The molecular weight excluding hydrogens is 396 g/mol. The number of amides is 1. The van der Waals surface area contributed by atoms with E-state index in [0.717, 1.165) is 12.0 Å². The van der Waals surface area contributed by atoms with Crippen LogP contribution in [0.4, 0.5) is 4.79 Å². The predicted octanol–water partition coefficient (Wildman–Crippen LogP) is 1.09. The second-order valence-electron chi connectivity index (χ2n) is 6.62. The molecule has 0 heterocycles. The molecule has 0 saturated carbocycles. The maximum Gasteiger partial charge on any atom is 0.407 e. The number of alkyl carbamates (subject to hydrolysis) is 1. The second kappa shape index (κ2) is 15.2. The molecule has 170 valence electrons. The Morgan fingerprint density at radius 1 is 0.967 bits per heavy atom. The molecule has 0 aromatic heterocycles. The first-order valence-corrected chi connectivity index (χ1v) is 9.68. The summed E-state index contributed by atoms with van der Waals surface area (Å²) in [4.78, 5) is 32.4. The zero-order valence-corrected chi connectivity index (χ0v) is 17.2. The number of aliphatic carboxylic acids is 2. The van der Waals surface area contributed by atoms with Gasteiger partial charge in [0.25, 0.3) is 0 Å². The van der Waals surface area contributed by atoms with E-state index in [0.29, 0.717) is 19.3 Å². The van der Waals surface area contributed by atoms with E-state index in [1.54, 1.807) is 0 Å². The molecular formula is C20H32N2O8. The number of hydrogen-bond acceptors (Lipinski definition) is 7. The van der Waals surface area contributed by atoms with Gasteiger partial charge in [0.15, 0.2) is 12.2 Å². The highest BCUT2D eigenvalue weighted by Gasteiger charge is 2.27. The summed E-state index contributed by atoms with van der Waals surface area (Å²) >= 11 is 0. The van der Waals surface area contributed by atoms with Crippen LogP contribution in [0.1, 0.15) is 45.1 Å². The van der Waals surface area contributed by atoms with Crippen LogP contribution < -0.4 is 11.1 Å². The van der Waals surface area contributed by atoms with Crippen LogP contribution in [0.15, 0.2) is 30.3 Å². The van der Waals surface area contributed by atoms with Gasteiger partial charge in [-0.15, -0.1) is 0 Å². The van der Waals surface area contributed by atoms with Gasteiger partial charge in [-0.05, 0) is 18.4 Å². The summed E-state index contributed by atoms with van der Waals surface area (Å²) in [6, 6.07) is 7.62. The molecule has 4 unspecified atom stereocenters. The predicted molar refractivity (Wildman–Crippen MR) is 109 cm³/mol. The molecule has 10 heteroatoms.